The molecule has 25 heavy (non-hydrogen) atoms. The Bertz CT molecular complexity index is 876. The average molecular weight is 327 g/mol. The fraction of sp³-hybridized carbons (Fsp3) is 0.227. The van der Waals surface area contributed by atoms with Crippen molar-refractivity contribution >= 4 is 5.69 Å². The third-order valence-electron chi connectivity index (χ3n) is 5.43. The molecule has 0 bridgehead atoms. The second-order valence-corrected chi connectivity index (χ2v) is 7.08. The maximum absolute atomic E-state index is 4.26. The summed E-state index contributed by atoms with van der Waals surface area (Å²) >= 11 is 0. The van der Waals surface area contributed by atoms with E-state index >= 15 is 0 Å². The lowest BCUT2D eigenvalue weighted by molar-refractivity contribution is 0.324. The summed E-state index contributed by atoms with van der Waals surface area (Å²) in [4.78, 5) is 6.82. The van der Waals surface area contributed by atoms with Crippen LogP contribution in [0.1, 0.15) is 17.0 Å². The van der Waals surface area contributed by atoms with Crippen LogP contribution in [-0.2, 0) is 6.54 Å². The van der Waals surface area contributed by atoms with E-state index in [2.05, 4.69) is 69.8 Å². The van der Waals surface area contributed by atoms with Gasteiger partial charge in [-0.3, -0.25) is 9.88 Å². The summed E-state index contributed by atoms with van der Waals surface area (Å²) in [6.07, 6.45) is 3.77. The Morgan fingerprint density at radius 3 is 2.72 bits per heavy atom. The van der Waals surface area contributed by atoms with Gasteiger partial charge >= 0.3 is 0 Å². The predicted molar refractivity (Wildman–Crippen MR) is 102 cm³/mol. The first-order valence-corrected chi connectivity index (χ1v) is 8.94. The Labute approximate surface area is 148 Å². The first-order valence-electron chi connectivity index (χ1n) is 8.94. The summed E-state index contributed by atoms with van der Waals surface area (Å²) in [6, 6.07) is 22.2. The van der Waals surface area contributed by atoms with Crippen LogP contribution in [0.2, 0.25) is 0 Å². The maximum atomic E-state index is 4.26. The van der Waals surface area contributed by atoms with Crippen LogP contribution in [0.5, 0.6) is 0 Å². The van der Waals surface area contributed by atoms with Gasteiger partial charge in [-0.2, -0.15) is 0 Å². The largest absolute Gasteiger partial charge is 0.380 e. The molecule has 1 saturated heterocycles. The molecule has 2 aliphatic heterocycles. The molecule has 2 atom stereocenters. The molecule has 2 aliphatic rings. The highest BCUT2D eigenvalue weighted by Gasteiger charge is 2.39. The fourth-order valence-electron chi connectivity index (χ4n) is 4.23. The van der Waals surface area contributed by atoms with Crippen molar-refractivity contribution in [1.82, 2.24) is 9.88 Å². The summed E-state index contributed by atoms with van der Waals surface area (Å²) in [5.41, 5.74) is 6.61. The lowest BCUT2D eigenvalue weighted by atomic mass is 9.95. The van der Waals surface area contributed by atoms with Crippen molar-refractivity contribution in [1.29, 1.82) is 0 Å². The lowest BCUT2D eigenvalue weighted by Gasteiger charge is -2.18. The zero-order valence-electron chi connectivity index (χ0n) is 14.1. The maximum Gasteiger partial charge on any atom is 0.0470 e. The van der Waals surface area contributed by atoms with Crippen LogP contribution in [0.3, 0.4) is 0 Å². The number of anilines is 1. The van der Waals surface area contributed by atoms with E-state index in [1.54, 1.807) is 0 Å². The van der Waals surface area contributed by atoms with Gasteiger partial charge in [0.2, 0.25) is 0 Å². The lowest BCUT2D eigenvalue weighted by Crippen LogP contribution is -2.25. The molecule has 0 aliphatic carbocycles. The van der Waals surface area contributed by atoms with E-state index in [1.807, 2.05) is 18.5 Å². The zero-order valence-corrected chi connectivity index (χ0v) is 14.1. The Balaban J connectivity index is 1.39. The Kier molecular flexibility index (Phi) is 3.53. The van der Waals surface area contributed by atoms with E-state index in [0.29, 0.717) is 12.0 Å². The molecule has 1 fully saturated rings. The first-order chi connectivity index (χ1) is 12.4. The highest BCUT2D eigenvalue weighted by atomic mass is 15.2. The topological polar surface area (TPSA) is 28.2 Å². The predicted octanol–water partition coefficient (Wildman–Crippen LogP) is 4.14. The van der Waals surface area contributed by atoms with E-state index < -0.39 is 0 Å². The normalized spacial score (nSPS) is 21.6. The highest BCUT2D eigenvalue weighted by molar-refractivity contribution is 5.71. The van der Waals surface area contributed by atoms with Gasteiger partial charge in [-0.05, 0) is 40.5 Å². The quantitative estimate of drug-likeness (QED) is 0.783. The third kappa shape index (κ3) is 2.71. The fourth-order valence-corrected chi connectivity index (χ4v) is 4.23. The number of hydrogen-bond donors (Lipinski definition) is 1. The molecule has 3 aromatic rings. The molecule has 124 valence electrons. The Morgan fingerprint density at radius 2 is 1.88 bits per heavy atom. The van der Waals surface area contributed by atoms with Gasteiger partial charge in [0.15, 0.2) is 0 Å². The molecule has 3 heteroatoms. The zero-order chi connectivity index (χ0) is 16.6. The minimum Gasteiger partial charge on any atom is -0.380 e. The van der Waals surface area contributed by atoms with Crippen LogP contribution in [-0.4, -0.2) is 29.0 Å². The number of rotatable bonds is 3. The Hall–Kier alpha value is -2.65. The highest BCUT2D eigenvalue weighted by Crippen LogP contribution is 2.42. The van der Waals surface area contributed by atoms with Crippen molar-refractivity contribution in [2.24, 2.45) is 0 Å². The van der Waals surface area contributed by atoms with E-state index in [1.165, 1.54) is 27.9 Å². The van der Waals surface area contributed by atoms with Crippen molar-refractivity contribution in [2.75, 3.05) is 18.4 Å². The summed E-state index contributed by atoms with van der Waals surface area (Å²) in [5.74, 6) is 0.579. The molecule has 0 unspecified atom stereocenters. The van der Waals surface area contributed by atoms with Crippen LogP contribution in [0, 0.1) is 0 Å². The minimum absolute atomic E-state index is 0.530. The second kappa shape index (κ2) is 6.01. The molecule has 1 aromatic heterocycles. The van der Waals surface area contributed by atoms with E-state index in [-0.39, 0.29) is 0 Å². The summed E-state index contributed by atoms with van der Waals surface area (Å²) in [6.45, 7) is 3.26. The second-order valence-electron chi connectivity index (χ2n) is 7.08. The number of hydrogen-bond acceptors (Lipinski definition) is 3. The molecule has 0 spiro atoms. The van der Waals surface area contributed by atoms with E-state index in [9.17, 15) is 0 Å². The van der Waals surface area contributed by atoms with Crippen molar-refractivity contribution in [3.05, 3.63) is 84.2 Å². The van der Waals surface area contributed by atoms with Crippen LogP contribution in [0.25, 0.3) is 11.1 Å². The van der Waals surface area contributed by atoms with Gasteiger partial charge in [0, 0.05) is 49.7 Å². The minimum atomic E-state index is 0.530. The molecule has 2 aromatic carbocycles. The molecule has 3 heterocycles. The van der Waals surface area contributed by atoms with Gasteiger partial charge in [0.25, 0.3) is 0 Å². The number of aromatic nitrogens is 1. The summed E-state index contributed by atoms with van der Waals surface area (Å²) in [7, 11) is 0. The van der Waals surface area contributed by atoms with Gasteiger partial charge in [-0.25, -0.2) is 0 Å². The van der Waals surface area contributed by atoms with Crippen LogP contribution in [0.4, 0.5) is 5.69 Å². The third-order valence-corrected chi connectivity index (χ3v) is 5.43. The van der Waals surface area contributed by atoms with Crippen LogP contribution < -0.4 is 5.32 Å². The van der Waals surface area contributed by atoms with Gasteiger partial charge in [0.1, 0.15) is 0 Å². The van der Waals surface area contributed by atoms with Crippen LogP contribution >= 0.6 is 0 Å². The number of likely N-dealkylation sites (tertiary alicyclic amines) is 1. The number of benzene rings is 2. The molecule has 3 nitrogen and oxygen atoms in total. The van der Waals surface area contributed by atoms with Gasteiger partial charge in [-0.15, -0.1) is 0 Å². The molecule has 5 rings (SSSR count). The summed E-state index contributed by atoms with van der Waals surface area (Å²) in [5, 5.41) is 3.73. The smallest absolute Gasteiger partial charge is 0.0470 e. The molecule has 0 amide bonds. The Morgan fingerprint density at radius 1 is 0.960 bits per heavy atom. The first kappa shape index (κ1) is 14.7. The van der Waals surface area contributed by atoms with Crippen molar-refractivity contribution < 1.29 is 0 Å². The number of nitrogens with zero attached hydrogens (tertiary/aromatic N) is 2. The van der Waals surface area contributed by atoms with Gasteiger partial charge in [-0.1, -0.05) is 42.5 Å². The number of fused-ring (bicyclic) bond motifs is 3. The molecular weight excluding hydrogens is 306 g/mol. The van der Waals surface area contributed by atoms with Crippen molar-refractivity contribution in [2.45, 2.75) is 18.5 Å². The number of pyridine rings is 1. The molecule has 1 N–H and O–H groups in total. The molecular formula is C22H21N3. The van der Waals surface area contributed by atoms with E-state index in [0.717, 1.165) is 19.6 Å². The van der Waals surface area contributed by atoms with Crippen LogP contribution in [0.15, 0.2) is 73.1 Å². The van der Waals surface area contributed by atoms with Gasteiger partial charge < -0.3 is 5.32 Å². The van der Waals surface area contributed by atoms with Crippen molar-refractivity contribution in [3.63, 3.8) is 0 Å². The number of nitrogens with one attached hydrogen (secondary N) is 1. The van der Waals surface area contributed by atoms with Gasteiger partial charge in [0.05, 0.1) is 0 Å². The monoisotopic (exact) mass is 327 g/mol. The summed E-state index contributed by atoms with van der Waals surface area (Å²) < 4.78 is 0. The average Bonchev–Trinajstić information content (AvgIpc) is 3.20. The SMILES string of the molecule is c1ccc(CN2C[C@@H]3Nc4ccc(-c5cccnc5)cc4[C@@H]3C2)cc1. The molecule has 0 radical (unpaired) electrons. The molecule has 0 saturated carbocycles. The van der Waals surface area contributed by atoms with Crippen molar-refractivity contribution in [3.8, 4) is 11.1 Å². The standard InChI is InChI=1S/C22H21N3/c1-2-5-16(6-3-1)13-25-14-20-19-11-17(18-7-4-10-23-12-18)8-9-21(19)24-22(20)15-25/h1-12,20,22,24H,13-15H2/t20-,22-/m0/s1. The van der Waals surface area contributed by atoms with E-state index in [4.69, 9.17) is 0 Å².